The number of fused-ring (bicyclic) bond motifs is 1. The second kappa shape index (κ2) is 5.20. The molecule has 3 rings (SSSR count). The van der Waals surface area contributed by atoms with Crippen LogP contribution in [0.1, 0.15) is 38.5 Å². The Kier molecular flexibility index (Phi) is 3.40. The predicted molar refractivity (Wildman–Crippen MR) is 74.3 cm³/mol. The summed E-state index contributed by atoms with van der Waals surface area (Å²) < 4.78 is 1.71. The van der Waals surface area contributed by atoms with E-state index in [1.807, 2.05) is 18.2 Å². The molecular weight excluding hydrogens is 256 g/mol. The lowest BCUT2D eigenvalue weighted by Crippen LogP contribution is -2.36. The highest BCUT2D eigenvalue weighted by Crippen LogP contribution is 2.31. The first-order valence-corrected chi connectivity index (χ1v) is 6.98. The number of rotatable bonds is 3. The van der Waals surface area contributed by atoms with Gasteiger partial charge in [-0.1, -0.05) is 25.3 Å². The van der Waals surface area contributed by atoms with Crippen LogP contribution in [0.3, 0.4) is 0 Å². The van der Waals surface area contributed by atoms with Crippen LogP contribution >= 0.6 is 0 Å². The number of carbonyl (C=O) groups excluding carboxylic acids is 1. The Hall–Kier alpha value is -1.95. The van der Waals surface area contributed by atoms with Crippen molar-refractivity contribution in [2.75, 3.05) is 5.32 Å². The zero-order valence-electron chi connectivity index (χ0n) is 11.2. The number of nitrogens with one attached hydrogen (secondary N) is 1. The van der Waals surface area contributed by atoms with Crippen LogP contribution in [-0.2, 0) is 4.79 Å². The van der Waals surface area contributed by atoms with Crippen molar-refractivity contribution < 1.29 is 9.90 Å². The number of hydrogen-bond acceptors (Lipinski definition) is 4. The highest BCUT2D eigenvalue weighted by Gasteiger charge is 2.32. The Morgan fingerprint density at radius 1 is 1.30 bits per heavy atom. The van der Waals surface area contributed by atoms with E-state index in [2.05, 4.69) is 15.5 Å². The molecule has 2 aromatic heterocycles. The van der Waals surface area contributed by atoms with E-state index >= 15 is 0 Å². The Morgan fingerprint density at radius 3 is 2.90 bits per heavy atom. The molecule has 6 heteroatoms. The normalized spacial score (nSPS) is 18.1. The molecule has 2 N–H and O–H groups in total. The van der Waals surface area contributed by atoms with E-state index in [4.69, 9.17) is 0 Å². The van der Waals surface area contributed by atoms with Gasteiger partial charge in [-0.05, 0) is 25.0 Å². The largest absolute Gasteiger partial charge is 0.389 e. The molecular formula is C14H18N4O2. The van der Waals surface area contributed by atoms with E-state index in [0.717, 1.165) is 19.3 Å². The Morgan fingerprint density at radius 2 is 2.10 bits per heavy atom. The number of pyridine rings is 1. The Labute approximate surface area is 116 Å². The van der Waals surface area contributed by atoms with Crippen molar-refractivity contribution in [3.05, 3.63) is 24.4 Å². The van der Waals surface area contributed by atoms with Crippen molar-refractivity contribution in [2.24, 2.45) is 0 Å². The Bertz CT molecular complexity index is 616. The number of nitrogens with zero attached hydrogens (tertiary/aromatic N) is 3. The summed E-state index contributed by atoms with van der Waals surface area (Å²) >= 11 is 0. The summed E-state index contributed by atoms with van der Waals surface area (Å²) in [5.74, 6) is 0.178. The average molecular weight is 274 g/mol. The second-order valence-corrected chi connectivity index (χ2v) is 5.46. The molecule has 0 atom stereocenters. The van der Waals surface area contributed by atoms with Gasteiger partial charge in [0, 0.05) is 6.20 Å². The molecule has 0 bridgehead atoms. The fraction of sp³-hybridized carbons (Fsp3) is 0.500. The van der Waals surface area contributed by atoms with Gasteiger partial charge < -0.3 is 5.11 Å². The third-order valence-electron chi connectivity index (χ3n) is 3.84. The van der Waals surface area contributed by atoms with Crippen LogP contribution in [0.15, 0.2) is 24.4 Å². The maximum absolute atomic E-state index is 12.1. The molecule has 2 heterocycles. The van der Waals surface area contributed by atoms with Crippen molar-refractivity contribution in [1.82, 2.24) is 14.6 Å². The zero-order chi connectivity index (χ0) is 14.0. The van der Waals surface area contributed by atoms with Gasteiger partial charge in [-0.3, -0.25) is 14.5 Å². The molecule has 1 saturated carbocycles. The first kappa shape index (κ1) is 13.1. The van der Waals surface area contributed by atoms with E-state index < -0.39 is 5.60 Å². The van der Waals surface area contributed by atoms with Crippen LogP contribution in [-0.4, -0.2) is 31.2 Å². The lowest BCUT2D eigenvalue weighted by molar-refractivity contribution is -0.122. The quantitative estimate of drug-likeness (QED) is 0.893. The standard InChI is InChI=1S/C14H18N4O2/c19-12(10-14(20)7-3-1-4-8-14)15-13-17-16-11-6-2-5-9-18(11)13/h2,5-6,9,20H,1,3-4,7-8,10H2,(H,15,17,19). The van der Waals surface area contributed by atoms with E-state index in [1.54, 1.807) is 10.6 Å². The molecule has 106 valence electrons. The van der Waals surface area contributed by atoms with Crippen molar-refractivity contribution in [3.63, 3.8) is 0 Å². The van der Waals surface area contributed by atoms with Crippen LogP contribution in [0.4, 0.5) is 5.95 Å². The molecule has 0 aromatic carbocycles. The highest BCUT2D eigenvalue weighted by atomic mass is 16.3. The third kappa shape index (κ3) is 2.65. The molecule has 0 aliphatic heterocycles. The van der Waals surface area contributed by atoms with Gasteiger partial charge in [-0.25, -0.2) is 0 Å². The van der Waals surface area contributed by atoms with Gasteiger partial charge in [0.1, 0.15) is 0 Å². The van der Waals surface area contributed by atoms with Gasteiger partial charge in [-0.2, -0.15) is 0 Å². The molecule has 0 spiro atoms. The minimum Gasteiger partial charge on any atom is -0.389 e. The van der Waals surface area contributed by atoms with Crippen LogP contribution in [0, 0.1) is 0 Å². The van der Waals surface area contributed by atoms with E-state index in [9.17, 15) is 9.90 Å². The van der Waals surface area contributed by atoms with Crippen molar-refractivity contribution in [1.29, 1.82) is 0 Å². The van der Waals surface area contributed by atoms with Gasteiger partial charge >= 0.3 is 0 Å². The van der Waals surface area contributed by atoms with Crippen molar-refractivity contribution in [2.45, 2.75) is 44.1 Å². The molecule has 20 heavy (non-hydrogen) atoms. The summed E-state index contributed by atoms with van der Waals surface area (Å²) in [6.45, 7) is 0. The third-order valence-corrected chi connectivity index (χ3v) is 3.84. The summed E-state index contributed by atoms with van der Waals surface area (Å²) in [4.78, 5) is 12.1. The van der Waals surface area contributed by atoms with Gasteiger partial charge in [-0.15, -0.1) is 10.2 Å². The molecule has 0 radical (unpaired) electrons. The topological polar surface area (TPSA) is 79.5 Å². The average Bonchev–Trinajstić information content (AvgIpc) is 2.82. The van der Waals surface area contributed by atoms with E-state index in [-0.39, 0.29) is 12.3 Å². The minimum atomic E-state index is -0.858. The predicted octanol–water partition coefficient (Wildman–Crippen LogP) is 1.75. The van der Waals surface area contributed by atoms with Gasteiger partial charge in [0.2, 0.25) is 11.9 Å². The lowest BCUT2D eigenvalue weighted by Gasteiger charge is -2.31. The van der Waals surface area contributed by atoms with Gasteiger partial charge in [0.15, 0.2) is 5.65 Å². The second-order valence-electron chi connectivity index (χ2n) is 5.46. The number of anilines is 1. The number of aliphatic hydroxyl groups is 1. The number of amides is 1. The number of hydrogen-bond donors (Lipinski definition) is 2. The fourth-order valence-electron chi connectivity index (χ4n) is 2.78. The molecule has 1 fully saturated rings. The summed E-state index contributed by atoms with van der Waals surface area (Å²) in [5.41, 5.74) is -0.179. The molecule has 2 aromatic rings. The van der Waals surface area contributed by atoms with Crippen LogP contribution in [0.5, 0.6) is 0 Å². The molecule has 1 amide bonds. The summed E-state index contributed by atoms with van der Waals surface area (Å²) in [5, 5.41) is 21.0. The van der Waals surface area contributed by atoms with Crippen molar-refractivity contribution >= 4 is 17.5 Å². The highest BCUT2D eigenvalue weighted by molar-refractivity contribution is 5.90. The van der Waals surface area contributed by atoms with E-state index in [1.165, 1.54) is 0 Å². The monoisotopic (exact) mass is 274 g/mol. The van der Waals surface area contributed by atoms with Crippen LogP contribution < -0.4 is 5.32 Å². The molecule has 0 saturated heterocycles. The maximum atomic E-state index is 12.1. The summed E-state index contributed by atoms with van der Waals surface area (Å²) in [6, 6.07) is 5.53. The summed E-state index contributed by atoms with van der Waals surface area (Å²) in [7, 11) is 0. The number of carbonyl (C=O) groups is 1. The smallest absolute Gasteiger partial charge is 0.235 e. The first-order chi connectivity index (χ1) is 9.66. The number of aromatic nitrogens is 3. The fourth-order valence-corrected chi connectivity index (χ4v) is 2.78. The summed E-state index contributed by atoms with van der Waals surface area (Å²) in [6.07, 6.45) is 6.41. The molecule has 6 nitrogen and oxygen atoms in total. The van der Waals surface area contributed by atoms with Crippen molar-refractivity contribution in [3.8, 4) is 0 Å². The molecule has 1 aliphatic rings. The van der Waals surface area contributed by atoms with Gasteiger partial charge in [0.25, 0.3) is 0 Å². The zero-order valence-corrected chi connectivity index (χ0v) is 11.2. The minimum absolute atomic E-state index is 0.120. The Balaban J connectivity index is 1.69. The SMILES string of the molecule is O=C(CC1(O)CCCCC1)Nc1nnc2ccccn12. The maximum Gasteiger partial charge on any atom is 0.235 e. The molecule has 1 aliphatic carbocycles. The first-order valence-electron chi connectivity index (χ1n) is 6.98. The van der Waals surface area contributed by atoms with Crippen LogP contribution in [0.25, 0.3) is 5.65 Å². The van der Waals surface area contributed by atoms with Gasteiger partial charge in [0.05, 0.1) is 12.0 Å². The van der Waals surface area contributed by atoms with E-state index in [0.29, 0.717) is 24.4 Å². The lowest BCUT2D eigenvalue weighted by atomic mass is 9.82. The molecule has 0 unspecified atom stereocenters. The van der Waals surface area contributed by atoms with Crippen LogP contribution in [0.2, 0.25) is 0 Å².